The number of carbonyl (C=O) groups is 2. The largest absolute Gasteiger partial charge is 0.487 e. The van der Waals surface area contributed by atoms with Crippen molar-refractivity contribution in [2.45, 2.75) is 18.8 Å². The first-order valence-corrected chi connectivity index (χ1v) is 5.90. The maximum Gasteiger partial charge on any atom is 0.346 e. The fourth-order valence-corrected chi connectivity index (χ4v) is 1.27. The molecule has 1 rings (SSSR count). The lowest BCUT2D eigenvalue weighted by Crippen LogP contribution is -2.48. The number of alkyl halides is 4. The Hall–Kier alpha value is -2.32. The van der Waals surface area contributed by atoms with E-state index in [1.165, 1.54) is 0 Å². The van der Waals surface area contributed by atoms with Crippen LogP contribution in [0.1, 0.15) is 17.3 Å². The Bertz CT molecular complexity index is 542. The van der Waals surface area contributed by atoms with Gasteiger partial charge in [0.1, 0.15) is 5.75 Å². The molecule has 9 heteroatoms. The molecule has 1 aromatic carbocycles. The molecular weight excluding hydrogens is 312 g/mol. The van der Waals surface area contributed by atoms with Crippen LogP contribution < -0.4 is 4.74 Å². The highest BCUT2D eigenvalue weighted by Gasteiger charge is 2.57. The highest BCUT2D eigenvalue weighted by Crippen LogP contribution is 2.35. The van der Waals surface area contributed by atoms with Gasteiger partial charge in [0.2, 0.25) is 0 Å². The van der Waals surface area contributed by atoms with Crippen molar-refractivity contribution in [2.24, 2.45) is 0 Å². The first-order chi connectivity index (χ1) is 10.0. The van der Waals surface area contributed by atoms with Crippen molar-refractivity contribution in [3.63, 3.8) is 0 Å². The molecule has 0 aliphatic heterocycles. The molecule has 0 spiro atoms. The number of aromatic carboxylic acids is 1. The number of esters is 1. The van der Waals surface area contributed by atoms with Gasteiger partial charge in [0.25, 0.3) is 0 Å². The second kappa shape index (κ2) is 6.63. The highest BCUT2D eigenvalue weighted by molar-refractivity contribution is 5.87. The molecule has 0 radical (unpaired) electrons. The summed E-state index contributed by atoms with van der Waals surface area (Å²) in [4.78, 5) is 21.0. The van der Waals surface area contributed by atoms with Crippen LogP contribution in [0.25, 0.3) is 0 Å². The number of hydrogen-bond donors (Lipinski definition) is 1. The Labute approximate surface area is 122 Å². The average molecular weight is 324 g/mol. The van der Waals surface area contributed by atoms with E-state index in [2.05, 4.69) is 9.47 Å². The first-order valence-electron chi connectivity index (χ1n) is 5.90. The van der Waals surface area contributed by atoms with Crippen LogP contribution in [0.3, 0.4) is 0 Å². The number of benzene rings is 1. The molecule has 1 aromatic rings. The Kier molecular flexibility index (Phi) is 5.34. The molecule has 0 unspecified atom stereocenters. The molecule has 1 N–H and O–H groups in total. The van der Waals surface area contributed by atoms with Crippen LogP contribution in [0.5, 0.6) is 5.75 Å². The third-order valence-electron chi connectivity index (χ3n) is 2.51. The van der Waals surface area contributed by atoms with Gasteiger partial charge in [-0.25, -0.2) is 4.79 Å². The van der Waals surface area contributed by atoms with Gasteiger partial charge in [-0.15, -0.1) is 0 Å². The standard InChI is InChI=1S/C13H12F4O5/c1-8(18)21-6-12(14,15)13(16,17)7-22-10-4-2-9(3-5-10)11(19)20/h2-5H,6-7H2,1H3,(H,19,20). The van der Waals surface area contributed by atoms with Crippen LogP contribution in [-0.4, -0.2) is 42.1 Å². The summed E-state index contributed by atoms with van der Waals surface area (Å²) in [7, 11) is 0. The van der Waals surface area contributed by atoms with Crippen LogP contribution in [-0.2, 0) is 9.53 Å². The zero-order chi connectivity index (χ0) is 17.0. The minimum Gasteiger partial charge on any atom is -0.487 e. The SMILES string of the molecule is CC(=O)OCC(F)(F)C(F)(F)COc1ccc(C(=O)O)cc1. The summed E-state index contributed by atoms with van der Waals surface area (Å²) in [5.41, 5.74) is -0.112. The maximum atomic E-state index is 13.4. The highest BCUT2D eigenvalue weighted by atomic mass is 19.3. The molecular formula is C13H12F4O5. The fourth-order valence-electron chi connectivity index (χ4n) is 1.27. The van der Waals surface area contributed by atoms with Crippen molar-refractivity contribution in [3.05, 3.63) is 29.8 Å². The zero-order valence-electron chi connectivity index (χ0n) is 11.3. The molecule has 122 valence electrons. The molecule has 0 aliphatic rings. The molecule has 5 nitrogen and oxygen atoms in total. The molecule has 0 aromatic heterocycles. The third-order valence-corrected chi connectivity index (χ3v) is 2.51. The Morgan fingerprint density at radius 2 is 1.55 bits per heavy atom. The molecule has 0 amide bonds. The van der Waals surface area contributed by atoms with E-state index in [9.17, 15) is 27.2 Å². The van der Waals surface area contributed by atoms with Crippen LogP contribution in [0.15, 0.2) is 24.3 Å². The minimum atomic E-state index is -4.60. The van der Waals surface area contributed by atoms with Crippen molar-refractivity contribution in [2.75, 3.05) is 13.2 Å². The molecule has 0 aliphatic carbocycles. The van der Waals surface area contributed by atoms with Crippen LogP contribution in [0.4, 0.5) is 17.6 Å². The van der Waals surface area contributed by atoms with Gasteiger partial charge < -0.3 is 14.6 Å². The number of carbonyl (C=O) groups excluding carboxylic acids is 1. The number of rotatable bonds is 7. The second-order valence-corrected chi connectivity index (χ2v) is 4.31. The quantitative estimate of drug-likeness (QED) is 0.616. The lowest BCUT2D eigenvalue weighted by atomic mass is 10.2. The average Bonchev–Trinajstić information content (AvgIpc) is 2.43. The molecule has 0 atom stereocenters. The van der Waals surface area contributed by atoms with Crippen LogP contribution in [0, 0.1) is 0 Å². The summed E-state index contributed by atoms with van der Waals surface area (Å²) in [6.07, 6.45) is 0. The van der Waals surface area contributed by atoms with Gasteiger partial charge in [0.05, 0.1) is 5.56 Å². The normalized spacial score (nSPS) is 11.9. The molecule has 22 heavy (non-hydrogen) atoms. The van der Waals surface area contributed by atoms with Crippen LogP contribution in [0.2, 0.25) is 0 Å². The first kappa shape index (κ1) is 17.7. The predicted octanol–water partition coefficient (Wildman–Crippen LogP) is 2.60. The van der Waals surface area contributed by atoms with E-state index in [0.29, 0.717) is 0 Å². The van der Waals surface area contributed by atoms with E-state index in [1.807, 2.05) is 0 Å². The van der Waals surface area contributed by atoms with Gasteiger partial charge in [-0.05, 0) is 24.3 Å². The Morgan fingerprint density at radius 3 is 2.00 bits per heavy atom. The summed E-state index contributed by atoms with van der Waals surface area (Å²) >= 11 is 0. The van der Waals surface area contributed by atoms with Crippen molar-refractivity contribution in [1.82, 2.24) is 0 Å². The molecule has 0 saturated heterocycles. The van der Waals surface area contributed by atoms with Gasteiger partial charge in [-0.2, -0.15) is 17.6 Å². The summed E-state index contributed by atoms with van der Waals surface area (Å²) < 4.78 is 61.7. The lowest BCUT2D eigenvalue weighted by molar-refractivity contribution is -0.240. The number of carboxylic acid groups (broad SMARTS) is 1. The number of hydrogen-bond acceptors (Lipinski definition) is 4. The smallest absolute Gasteiger partial charge is 0.346 e. The second-order valence-electron chi connectivity index (χ2n) is 4.31. The van der Waals surface area contributed by atoms with Crippen LogP contribution >= 0.6 is 0 Å². The fraction of sp³-hybridized carbons (Fsp3) is 0.385. The van der Waals surface area contributed by atoms with E-state index in [-0.39, 0.29) is 11.3 Å². The van der Waals surface area contributed by atoms with Gasteiger partial charge in [-0.1, -0.05) is 0 Å². The van der Waals surface area contributed by atoms with Crippen molar-refractivity contribution < 1.29 is 41.7 Å². The van der Waals surface area contributed by atoms with E-state index >= 15 is 0 Å². The van der Waals surface area contributed by atoms with E-state index in [4.69, 9.17) is 5.11 Å². The van der Waals surface area contributed by atoms with Gasteiger partial charge in [-0.3, -0.25) is 4.79 Å². The number of carboxylic acids is 1. The Balaban J connectivity index is 2.67. The predicted molar refractivity (Wildman–Crippen MR) is 65.4 cm³/mol. The maximum absolute atomic E-state index is 13.4. The summed E-state index contributed by atoms with van der Waals surface area (Å²) in [6.45, 7) is -2.61. The molecule has 0 bridgehead atoms. The molecule has 0 fully saturated rings. The minimum absolute atomic E-state index is 0.112. The third kappa shape index (κ3) is 4.61. The Morgan fingerprint density at radius 1 is 1.05 bits per heavy atom. The summed E-state index contributed by atoms with van der Waals surface area (Å²) in [5, 5.41) is 8.64. The van der Waals surface area contributed by atoms with Gasteiger partial charge >= 0.3 is 23.8 Å². The molecule has 0 saturated carbocycles. The van der Waals surface area contributed by atoms with Crippen molar-refractivity contribution in [1.29, 1.82) is 0 Å². The summed E-state index contributed by atoms with van der Waals surface area (Å²) in [6, 6.07) is 4.27. The number of ether oxygens (including phenoxy) is 2. The van der Waals surface area contributed by atoms with E-state index in [1.54, 1.807) is 0 Å². The van der Waals surface area contributed by atoms with E-state index in [0.717, 1.165) is 31.2 Å². The topological polar surface area (TPSA) is 72.8 Å². The monoisotopic (exact) mass is 324 g/mol. The molecule has 0 heterocycles. The number of halogens is 4. The van der Waals surface area contributed by atoms with Gasteiger partial charge in [0.15, 0.2) is 13.2 Å². The van der Waals surface area contributed by atoms with E-state index < -0.39 is 37.0 Å². The van der Waals surface area contributed by atoms with Crippen molar-refractivity contribution >= 4 is 11.9 Å². The summed E-state index contributed by atoms with van der Waals surface area (Å²) in [5.74, 6) is -11.7. The lowest BCUT2D eigenvalue weighted by Gasteiger charge is -2.25. The zero-order valence-corrected chi connectivity index (χ0v) is 11.3. The van der Waals surface area contributed by atoms with Gasteiger partial charge in [0, 0.05) is 6.92 Å². The van der Waals surface area contributed by atoms with Crippen molar-refractivity contribution in [3.8, 4) is 5.75 Å².